The highest BCUT2D eigenvalue weighted by Gasteiger charge is 2.30. The fraction of sp³-hybridized carbons (Fsp3) is 0.346. The van der Waals surface area contributed by atoms with Gasteiger partial charge in [0.25, 0.3) is 0 Å². The minimum atomic E-state index is -0.816. The van der Waals surface area contributed by atoms with Crippen LogP contribution in [0, 0.1) is 11.3 Å². The number of hydrogen-bond acceptors (Lipinski definition) is 7. The van der Waals surface area contributed by atoms with Gasteiger partial charge in [-0.05, 0) is 61.7 Å². The zero-order valence-corrected chi connectivity index (χ0v) is 20.6. The quantitative estimate of drug-likeness (QED) is 0.508. The zero-order chi connectivity index (χ0) is 25.5. The summed E-state index contributed by atoms with van der Waals surface area (Å²) in [5, 5.41) is 9.48. The lowest BCUT2D eigenvalue weighted by Crippen LogP contribution is -2.41. The third-order valence-corrected chi connectivity index (χ3v) is 4.73. The molecule has 0 heterocycles. The van der Waals surface area contributed by atoms with Crippen molar-refractivity contribution in [3.05, 3.63) is 53.6 Å². The van der Waals surface area contributed by atoms with Crippen LogP contribution in [0.1, 0.15) is 45.2 Å². The van der Waals surface area contributed by atoms with E-state index in [4.69, 9.17) is 18.9 Å². The van der Waals surface area contributed by atoms with Crippen LogP contribution in [0.15, 0.2) is 42.5 Å². The Hall–Kier alpha value is -3.99. The number of rotatable bonds is 7. The molecule has 0 aromatic heterocycles. The van der Waals surface area contributed by atoms with E-state index < -0.39 is 17.6 Å². The molecule has 2 aromatic rings. The average molecular weight is 467 g/mol. The van der Waals surface area contributed by atoms with Gasteiger partial charge >= 0.3 is 6.09 Å². The molecule has 0 bridgehead atoms. The van der Waals surface area contributed by atoms with Gasteiger partial charge in [0, 0.05) is 18.6 Å². The van der Waals surface area contributed by atoms with Crippen LogP contribution in [0.25, 0.3) is 5.57 Å². The molecule has 2 amide bonds. The Balaban J connectivity index is 2.72. The topological polar surface area (TPSA) is 98.1 Å². The van der Waals surface area contributed by atoms with Crippen LogP contribution >= 0.6 is 0 Å². The molecule has 0 unspecified atom stereocenters. The van der Waals surface area contributed by atoms with Gasteiger partial charge in [-0.25, -0.2) is 9.69 Å². The highest BCUT2D eigenvalue weighted by molar-refractivity contribution is 6.13. The van der Waals surface area contributed by atoms with Crippen LogP contribution in [0.2, 0.25) is 0 Å². The van der Waals surface area contributed by atoms with Crippen LogP contribution in [0.5, 0.6) is 17.2 Å². The molecule has 0 aliphatic rings. The van der Waals surface area contributed by atoms with Gasteiger partial charge < -0.3 is 18.9 Å². The van der Waals surface area contributed by atoms with Crippen molar-refractivity contribution in [3.8, 4) is 23.3 Å². The highest BCUT2D eigenvalue weighted by Crippen LogP contribution is 2.37. The molecular formula is C26H30N2O6. The first kappa shape index (κ1) is 26.3. The molecule has 0 N–H and O–H groups in total. The number of ether oxygens (including phenoxy) is 4. The Kier molecular flexibility index (Phi) is 8.68. The molecule has 0 fully saturated rings. The number of carbonyl (C=O) groups excluding carboxylic acids is 2. The summed E-state index contributed by atoms with van der Waals surface area (Å²) >= 11 is 0. The summed E-state index contributed by atoms with van der Waals surface area (Å²) in [7, 11) is 4.51. The van der Waals surface area contributed by atoms with Crippen molar-refractivity contribution in [1.82, 2.24) is 0 Å². The van der Waals surface area contributed by atoms with E-state index in [2.05, 4.69) is 6.07 Å². The normalized spacial score (nSPS) is 11.3. The molecule has 8 nitrogen and oxygen atoms in total. The van der Waals surface area contributed by atoms with Gasteiger partial charge in [-0.2, -0.15) is 5.26 Å². The molecule has 0 saturated heterocycles. The standard InChI is InChI=1S/C26H30N2O6/c1-8-24(29)28(25(30)34-26(2,3)4)22-15-17(9-10-23(22)33-7)21(11-12-27)18-13-19(31-5)16-20(14-18)32-6/h9-11,13-16H,8H2,1-7H3/b21-11-. The van der Waals surface area contributed by atoms with Crippen molar-refractivity contribution in [2.24, 2.45) is 0 Å². The molecule has 2 rings (SSSR count). The maximum atomic E-state index is 13.0. The summed E-state index contributed by atoms with van der Waals surface area (Å²) in [5.74, 6) is 0.932. The Bertz CT molecular complexity index is 1100. The van der Waals surface area contributed by atoms with Gasteiger partial charge in [0.05, 0.1) is 33.1 Å². The van der Waals surface area contributed by atoms with Crippen molar-refractivity contribution < 1.29 is 28.5 Å². The fourth-order valence-corrected chi connectivity index (χ4v) is 3.19. The monoisotopic (exact) mass is 466 g/mol. The first-order chi connectivity index (χ1) is 16.1. The first-order valence-electron chi connectivity index (χ1n) is 10.7. The second-order valence-electron chi connectivity index (χ2n) is 8.24. The summed E-state index contributed by atoms with van der Waals surface area (Å²) in [4.78, 5) is 26.8. The molecule has 0 spiro atoms. The predicted octanol–water partition coefficient (Wildman–Crippen LogP) is 5.35. The molecule has 0 atom stereocenters. The van der Waals surface area contributed by atoms with Crippen LogP contribution in [0.4, 0.5) is 10.5 Å². The predicted molar refractivity (Wildman–Crippen MR) is 129 cm³/mol. The maximum absolute atomic E-state index is 13.0. The Labute approximate surface area is 200 Å². The first-order valence-corrected chi connectivity index (χ1v) is 10.7. The average Bonchev–Trinajstić information content (AvgIpc) is 2.80. The number of benzene rings is 2. The third kappa shape index (κ3) is 6.29. The number of carbonyl (C=O) groups is 2. The molecule has 34 heavy (non-hydrogen) atoms. The molecule has 0 radical (unpaired) electrons. The minimum Gasteiger partial charge on any atom is -0.497 e. The SMILES string of the molecule is CCC(=O)N(C(=O)OC(C)(C)C)c1cc(/C(=C/C#N)c2cc(OC)cc(OC)c2)ccc1OC. The van der Waals surface area contributed by atoms with E-state index in [0.717, 1.165) is 4.90 Å². The summed E-state index contributed by atoms with van der Waals surface area (Å²) in [5.41, 5.74) is 1.16. The molecule has 0 aliphatic heterocycles. The Morgan fingerprint density at radius 3 is 2.06 bits per heavy atom. The summed E-state index contributed by atoms with van der Waals surface area (Å²) < 4.78 is 21.6. The van der Waals surface area contributed by atoms with E-state index in [0.29, 0.717) is 33.9 Å². The number of hydrogen-bond donors (Lipinski definition) is 0. The van der Waals surface area contributed by atoms with Crippen LogP contribution in [0.3, 0.4) is 0 Å². The smallest absolute Gasteiger partial charge is 0.421 e. The van der Waals surface area contributed by atoms with E-state index >= 15 is 0 Å². The molecule has 2 aromatic carbocycles. The van der Waals surface area contributed by atoms with Gasteiger partial charge in [-0.1, -0.05) is 13.0 Å². The number of amides is 2. The zero-order valence-electron chi connectivity index (χ0n) is 20.6. The Morgan fingerprint density at radius 2 is 1.59 bits per heavy atom. The maximum Gasteiger partial charge on any atom is 0.421 e. The van der Waals surface area contributed by atoms with E-state index in [1.807, 2.05) is 0 Å². The number of methoxy groups -OCH3 is 3. The number of anilines is 1. The number of nitrogens with zero attached hydrogens (tertiary/aromatic N) is 2. The van der Waals surface area contributed by atoms with Crippen molar-refractivity contribution in [1.29, 1.82) is 5.26 Å². The Morgan fingerprint density at radius 1 is 0.971 bits per heavy atom. The molecule has 180 valence electrons. The highest BCUT2D eigenvalue weighted by atomic mass is 16.6. The third-order valence-electron chi connectivity index (χ3n) is 4.73. The molecule has 8 heteroatoms. The van der Waals surface area contributed by atoms with Gasteiger partial charge in [-0.15, -0.1) is 0 Å². The van der Waals surface area contributed by atoms with Crippen molar-refractivity contribution in [2.75, 3.05) is 26.2 Å². The number of imide groups is 1. The van der Waals surface area contributed by atoms with E-state index in [9.17, 15) is 14.9 Å². The van der Waals surface area contributed by atoms with E-state index in [1.165, 1.54) is 27.4 Å². The van der Waals surface area contributed by atoms with Crippen molar-refractivity contribution in [2.45, 2.75) is 39.7 Å². The second-order valence-corrected chi connectivity index (χ2v) is 8.24. The van der Waals surface area contributed by atoms with Crippen LogP contribution in [-0.2, 0) is 9.53 Å². The lowest BCUT2D eigenvalue weighted by molar-refractivity contribution is -0.118. The van der Waals surface area contributed by atoms with Crippen LogP contribution in [-0.4, -0.2) is 38.9 Å². The van der Waals surface area contributed by atoms with Gasteiger partial charge in [0.2, 0.25) is 5.91 Å². The number of nitriles is 1. The van der Waals surface area contributed by atoms with E-state index in [1.54, 1.807) is 64.1 Å². The number of allylic oxidation sites excluding steroid dienone is 1. The fourth-order valence-electron chi connectivity index (χ4n) is 3.19. The van der Waals surface area contributed by atoms with Gasteiger partial charge in [-0.3, -0.25) is 4.79 Å². The molecular weight excluding hydrogens is 436 g/mol. The van der Waals surface area contributed by atoms with Crippen molar-refractivity contribution >= 4 is 23.3 Å². The molecule has 0 aliphatic carbocycles. The van der Waals surface area contributed by atoms with E-state index in [-0.39, 0.29) is 12.1 Å². The summed E-state index contributed by atoms with van der Waals surface area (Å²) in [6.45, 7) is 6.81. The van der Waals surface area contributed by atoms with Crippen molar-refractivity contribution in [3.63, 3.8) is 0 Å². The second kappa shape index (κ2) is 11.2. The summed E-state index contributed by atoms with van der Waals surface area (Å²) in [6.07, 6.45) is 0.628. The summed E-state index contributed by atoms with van der Waals surface area (Å²) in [6, 6.07) is 12.3. The van der Waals surface area contributed by atoms with Gasteiger partial charge in [0.15, 0.2) is 0 Å². The lowest BCUT2D eigenvalue weighted by atomic mass is 9.96. The van der Waals surface area contributed by atoms with Gasteiger partial charge in [0.1, 0.15) is 22.8 Å². The largest absolute Gasteiger partial charge is 0.497 e. The minimum absolute atomic E-state index is 0.0700. The molecule has 0 saturated carbocycles. The lowest BCUT2D eigenvalue weighted by Gasteiger charge is -2.27. The van der Waals surface area contributed by atoms with Crippen LogP contribution < -0.4 is 19.1 Å².